The lowest BCUT2D eigenvalue weighted by Crippen LogP contribution is -2.42. The van der Waals surface area contributed by atoms with Crippen LogP contribution in [0, 0.1) is 13.8 Å². The van der Waals surface area contributed by atoms with Crippen molar-refractivity contribution in [2.75, 3.05) is 24.3 Å². The molecule has 3 heterocycles. The maximum atomic E-state index is 14.0. The van der Waals surface area contributed by atoms with Gasteiger partial charge in [0.15, 0.2) is 0 Å². The largest absolute Gasteiger partial charge is 0.496 e. The predicted octanol–water partition coefficient (Wildman–Crippen LogP) is 5.68. The van der Waals surface area contributed by atoms with Gasteiger partial charge in [0.05, 0.1) is 41.7 Å². The number of para-hydroxylation sites is 1. The third-order valence-electron chi connectivity index (χ3n) is 7.52. The van der Waals surface area contributed by atoms with E-state index in [9.17, 15) is 9.59 Å². The minimum atomic E-state index is -0.353. The Hall–Kier alpha value is -4.11. The third kappa shape index (κ3) is 5.79. The molecule has 1 aliphatic heterocycles. The summed E-state index contributed by atoms with van der Waals surface area (Å²) in [5.74, 6) is 1.13. The minimum absolute atomic E-state index is 0.141. The first kappa shape index (κ1) is 29.4. The smallest absolute Gasteiger partial charge is 0.240 e. The molecule has 8 nitrogen and oxygen atoms in total. The summed E-state index contributed by atoms with van der Waals surface area (Å²) in [6.45, 7) is 10.6. The van der Waals surface area contributed by atoms with E-state index in [2.05, 4.69) is 51.0 Å². The number of thioether (sulfide) groups is 1. The number of hydrogen-bond donors (Lipinski definition) is 1. The Bertz CT molecular complexity index is 1610. The van der Waals surface area contributed by atoms with Crippen LogP contribution in [0.15, 0.2) is 66.9 Å². The monoisotopic (exact) mass is 583 g/mol. The third-order valence-corrected chi connectivity index (χ3v) is 8.76. The van der Waals surface area contributed by atoms with Gasteiger partial charge in [0.1, 0.15) is 18.1 Å². The second kappa shape index (κ2) is 12.0. The van der Waals surface area contributed by atoms with Crippen LogP contribution in [0.3, 0.4) is 0 Å². The van der Waals surface area contributed by atoms with Crippen LogP contribution in [0.25, 0.3) is 5.69 Å². The van der Waals surface area contributed by atoms with Gasteiger partial charge in [-0.2, -0.15) is 5.10 Å². The normalized spacial score (nSPS) is 15.2. The van der Waals surface area contributed by atoms with Crippen LogP contribution in [0.2, 0.25) is 0 Å². The molecule has 0 fully saturated rings. The fourth-order valence-electron chi connectivity index (χ4n) is 5.23. The molecule has 0 unspecified atom stereocenters. The average molecular weight is 584 g/mol. The highest BCUT2D eigenvalue weighted by Gasteiger charge is 2.40. The number of fused-ring (bicyclic) bond motifs is 1. The molecule has 2 aromatic heterocycles. The van der Waals surface area contributed by atoms with E-state index in [-0.39, 0.29) is 41.3 Å². The number of ether oxygens (including phenoxy) is 1. The van der Waals surface area contributed by atoms with Crippen LogP contribution in [-0.4, -0.2) is 46.0 Å². The SMILES string of the molecule is COc1ccccc1[C@H]1SCC(=O)N(CC(=O)NCc2ccccn2)c2c1c(C(C)(C)C)nn2-c1cccc(C)c1C. The molecule has 0 aliphatic carbocycles. The van der Waals surface area contributed by atoms with Crippen molar-refractivity contribution in [1.82, 2.24) is 20.1 Å². The zero-order chi connectivity index (χ0) is 30.0. The lowest BCUT2D eigenvalue weighted by atomic mass is 9.87. The van der Waals surface area contributed by atoms with Gasteiger partial charge in [0.2, 0.25) is 11.8 Å². The molecule has 4 aromatic rings. The Labute approximate surface area is 251 Å². The van der Waals surface area contributed by atoms with Gasteiger partial charge in [0.25, 0.3) is 0 Å². The molecular formula is C33H37N5O3S. The average Bonchev–Trinajstić information content (AvgIpc) is 3.31. The summed E-state index contributed by atoms with van der Waals surface area (Å²) >= 11 is 1.54. The van der Waals surface area contributed by atoms with Gasteiger partial charge in [0, 0.05) is 22.7 Å². The maximum absolute atomic E-state index is 14.0. The molecule has 218 valence electrons. The number of methoxy groups -OCH3 is 1. The number of carbonyl (C=O) groups is 2. The molecule has 5 rings (SSSR count). The number of nitrogens with zero attached hydrogens (tertiary/aromatic N) is 4. The number of pyridine rings is 1. The van der Waals surface area contributed by atoms with E-state index in [1.54, 1.807) is 18.2 Å². The Balaban J connectivity index is 1.71. The Morgan fingerprint density at radius 3 is 2.55 bits per heavy atom. The van der Waals surface area contributed by atoms with Crippen molar-refractivity contribution in [1.29, 1.82) is 0 Å². The fourth-order valence-corrected chi connectivity index (χ4v) is 6.45. The van der Waals surface area contributed by atoms with E-state index < -0.39 is 0 Å². The van der Waals surface area contributed by atoms with Gasteiger partial charge >= 0.3 is 0 Å². The van der Waals surface area contributed by atoms with Gasteiger partial charge in [-0.15, -0.1) is 11.8 Å². The molecule has 2 aromatic carbocycles. The molecule has 0 radical (unpaired) electrons. The number of aromatic nitrogens is 3. The van der Waals surface area contributed by atoms with Crippen LogP contribution < -0.4 is 15.0 Å². The molecule has 42 heavy (non-hydrogen) atoms. The summed E-state index contributed by atoms with van der Waals surface area (Å²) in [6, 6.07) is 19.6. The lowest BCUT2D eigenvalue weighted by Gasteiger charge is -2.25. The van der Waals surface area contributed by atoms with Crippen LogP contribution in [0.1, 0.15) is 59.7 Å². The van der Waals surface area contributed by atoms with Gasteiger partial charge in [-0.05, 0) is 49.2 Å². The maximum Gasteiger partial charge on any atom is 0.240 e. The van der Waals surface area contributed by atoms with Crippen LogP contribution in [0.4, 0.5) is 5.82 Å². The second-order valence-electron chi connectivity index (χ2n) is 11.5. The number of nitrogens with one attached hydrogen (secondary N) is 1. The first-order valence-electron chi connectivity index (χ1n) is 14.0. The zero-order valence-corrected chi connectivity index (χ0v) is 25.8. The topological polar surface area (TPSA) is 89.3 Å². The number of carbonyl (C=O) groups excluding carboxylic acids is 2. The summed E-state index contributed by atoms with van der Waals surface area (Å²) < 4.78 is 7.66. The summed E-state index contributed by atoms with van der Waals surface area (Å²) in [7, 11) is 1.66. The summed E-state index contributed by atoms with van der Waals surface area (Å²) in [6.07, 6.45) is 1.69. The number of hydrogen-bond acceptors (Lipinski definition) is 6. The fraction of sp³-hybridized carbons (Fsp3) is 0.333. The van der Waals surface area contributed by atoms with Crippen LogP contribution >= 0.6 is 11.8 Å². The summed E-state index contributed by atoms with van der Waals surface area (Å²) in [5.41, 5.74) is 6.19. The van der Waals surface area contributed by atoms with Crippen molar-refractivity contribution in [2.24, 2.45) is 0 Å². The van der Waals surface area contributed by atoms with E-state index in [4.69, 9.17) is 9.84 Å². The Morgan fingerprint density at radius 2 is 1.83 bits per heavy atom. The van der Waals surface area contributed by atoms with E-state index >= 15 is 0 Å². The van der Waals surface area contributed by atoms with E-state index in [0.717, 1.165) is 45.1 Å². The Morgan fingerprint density at radius 1 is 1.07 bits per heavy atom. The van der Waals surface area contributed by atoms with Crippen molar-refractivity contribution < 1.29 is 14.3 Å². The molecule has 0 bridgehead atoms. The van der Waals surface area contributed by atoms with Crippen LogP contribution in [0.5, 0.6) is 5.75 Å². The molecule has 2 amide bonds. The number of aryl methyl sites for hydroxylation is 1. The van der Waals surface area contributed by atoms with Gasteiger partial charge in [-0.1, -0.05) is 57.2 Å². The molecule has 0 saturated carbocycles. The molecule has 0 spiro atoms. The van der Waals surface area contributed by atoms with E-state index in [1.807, 2.05) is 59.3 Å². The number of amides is 2. The molecular weight excluding hydrogens is 546 g/mol. The standard InChI is InChI=1S/C33H37N5O3S/c1-21-12-11-15-25(22(21)2)38-32-29(31(36-38)33(3,4)5)30(24-14-7-8-16-26(24)41-6)42-20-28(40)37(32)19-27(39)35-18-23-13-9-10-17-34-23/h7-17,30H,18-20H2,1-6H3,(H,35,39)/t30-/m1/s1. The summed E-state index contributed by atoms with van der Waals surface area (Å²) in [4.78, 5) is 33.2. The molecule has 0 saturated heterocycles. The van der Waals surface area contributed by atoms with Crippen molar-refractivity contribution >= 4 is 29.4 Å². The summed E-state index contributed by atoms with van der Waals surface area (Å²) in [5, 5.41) is 7.92. The highest BCUT2D eigenvalue weighted by molar-refractivity contribution is 8.00. The number of anilines is 1. The molecule has 1 aliphatic rings. The first-order chi connectivity index (χ1) is 20.1. The van der Waals surface area contributed by atoms with Gasteiger partial charge < -0.3 is 10.1 Å². The van der Waals surface area contributed by atoms with Crippen molar-refractivity contribution in [3.8, 4) is 11.4 Å². The zero-order valence-electron chi connectivity index (χ0n) is 25.0. The van der Waals surface area contributed by atoms with Crippen molar-refractivity contribution in [3.05, 3.63) is 101 Å². The first-order valence-corrected chi connectivity index (χ1v) is 15.1. The molecule has 1 N–H and O–H groups in total. The van der Waals surface area contributed by atoms with E-state index in [1.165, 1.54) is 11.8 Å². The van der Waals surface area contributed by atoms with Crippen molar-refractivity contribution in [3.63, 3.8) is 0 Å². The minimum Gasteiger partial charge on any atom is -0.496 e. The molecule has 9 heteroatoms. The van der Waals surface area contributed by atoms with E-state index in [0.29, 0.717) is 5.82 Å². The highest BCUT2D eigenvalue weighted by Crippen LogP contribution is 2.50. The van der Waals surface area contributed by atoms with Crippen LogP contribution in [-0.2, 0) is 21.5 Å². The Kier molecular flexibility index (Phi) is 8.41. The quantitative estimate of drug-likeness (QED) is 0.301. The van der Waals surface area contributed by atoms with Crippen molar-refractivity contribution in [2.45, 2.75) is 51.8 Å². The second-order valence-corrected chi connectivity index (χ2v) is 12.6. The lowest BCUT2D eigenvalue weighted by molar-refractivity contribution is -0.123. The number of benzene rings is 2. The van der Waals surface area contributed by atoms with Gasteiger partial charge in [-0.3, -0.25) is 19.5 Å². The number of rotatable bonds is 7. The molecule has 1 atom stereocenters. The highest BCUT2D eigenvalue weighted by atomic mass is 32.2. The van der Waals surface area contributed by atoms with Gasteiger partial charge in [-0.25, -0.2) is 4.68 Å². The predicted molar refractivity (Wildman–Crippen MR) is 167 cm³/mol.